The van der Waals surface area contributed by atoms with Crippen molar-refractivity contribution in [1.29, 1.82) is 0 Å². The molecule has 0 saturated carbocycles. The first-order valence-corrected chi connectivity index (χ1v) is 6.68. The summed E-state index contributed by atoms with van der Waals surface area (Å²) in [5.41, 5.74) is 0.687. The Kier molecular flexibility index (Phi) is 4.76. The van der Waals surface area contributed by atoms with E-state index in [1.54, 1.807) is 0 Å². The highest BCUT2D eigenvalue weighted by molar-refractivity contribution is 5.98. The van der Waals surface area contributed by atoms with Crippen molar-refractivity contribution < 1.29 is 14.3 Å². The quantitative estimate of drug-likeness (QED) is 0.725. The molecule has 18 heavy (non-hydrogen) atoms. The molecular formula is C15H20O3. The van der Waals surface area contributed by atoms with Gasteiger partial charge < -0.3 is 9.47 Å². The van der Waals surface area contributed by atoms with Crippen LogP contribution in [0.15, 0.2) is 24.3 Å². The summed E-state index contributed by atoms with van der Waals surface area (Å²) < 4.78 is 11.3. The molecule has 1 heterocycles. The molecule has 0 aliphatic carbocycles. The largest absolute Gasteiger partial charge is 0.493 e. The van der Waals surface area contributed by atoms with Gasteiger partial charge >= 0.3 is 0 Å². The molecule has 1 aliphatic rings. The van der Waals surface area contributed by atoms with E-state index in [1.807, 2.05) is 31.2 Å². The zero-order valence-electron chi connectivity index (χ0n) is 10.9. The molecule has 1 atom stereocenters. The molecule has 0 amide bonds. The number of carbonyl (C=O) groups excluding carboxylic acids is 1. The average molecular weight is 248 g/mol. The van der Waals surface area contributed by atoms with E-state index in [2.05, 4.69) is 0 Å². The van der Waals surface area contributed by atoms with Crippen molar-refractivity contribution in [3.8, 4) is 5.75 Å². The topological polar surface area (TPSA) is 35.5 Å². The Labute approximate surface area is 108 Å². The molecule has 0 aromatic heterocycles. The number of ether oxygens (including phenoxy) is 2. The van der Waals surface area contributed by atoms with Crippen molar-refractivity contribution in [2.45, 2.75) is 38.7 Å². The van der Waals surface area contributed by atoms with Crippen molar-refractivity contribution in [3.05, 3.63) is 29.8 Å². The fraction of sp³-hybridized carbons (Fsp3) is 0.533. The van der Waals surface area contributed by atoms with E-state index in [9.17, 15) is 4.79 Å². The number of Topliss-reactive ketones (excluding diaryl/α,β-unsaturated/α-hetero) is 1. The fourth-order valence-electron chi connectivity index (χ4n) is 2.19. The number of para-hydroxylation sites is 1. The van der Waals surface area contributed by atoms with Gasteiger partial charge in [-0.3, -0.25) is 4.79 Å². The van der Waals surface area contributed by atoms with Gasteiger partial charge in [0.15, 0.2) is 5.78 Å². The van der Waals surface area contributed by atoms with Crippen LogP contribution in [0, 0.1) is 0 Å². The van der Waals surface area contributed by atoms with Gasteiger partial charge in [0.05, 0.1) is 18.3 Å². The van der Waals surface area contributed by atoms with Crippen molar-refractivity contribution in [2.24, 2.45) is 0 Å². The maximum Gasteiger partial charge on any atom is 0.166 e. The first-order valence-electron chi connectivity index (χ1n) is 6.68. The predicted molar refractivity (Wildman–Crippen MR) is 70.1 cm³/mol. The zero-order valence-corrected chi connectivity index (χ0v) is 10.9. The molecular weight excluding hydrogens is 228 g/mol. The smallest absolute Gasteiger partial charge is 0.166 e. The van der Waals surface area contributed by atoms with E-state index in [0.717, 1.165) is 25.9 Å². The van der Waals surface area contributed by atoms with Gasteiger partial charge in [0.2, 0.25) is 0 Å². The summed E-state index contributed by atoms with van der Waals surface area (Å²) in [6.07, 6.45) is 4.01. The van der Waals surface area contributed by atoms with Gasteiger partial charge in [-0.15, -0.1) is 0 Å². The molecule has 1 aromatic carbocycles. The van der Waals surface area contributed by atoms with E-state index in [-0.39, 0.29) is 5.78 Å². The van der Waals surface area contributed by atoms with Crippen LogP contribution in [0.5, 0.6) is 5.75 Å². The van der Waals surface area contributed by atoms with Crippen LogP contribution in [-0.4, -0.2) is 25.1 Å². The third kappa shape index (κ3) is 3.33. The highest BCUT2D eigenvalue weighted by atomic mass is 16.5. The Hall–Kier alpha value is -1.35. The molecule has 0 radical (unpaired) electrons. The summed E-state index contributed by atoms with van der Waals surface area (Å²) in [4.78, 5) is 11.7. The monoisotopic (exact) mass is 248 g/mol. The molecule has 98 valence electrons. The summed E-state index contributed by atoms with van der Waals surface area (Å²) in [5, 5.41) is 0. The molecule has 0 bridgehead atoms. The number of carbonyl (C=O) groups is 1. The van der Waals surface area contributed by atoms with E-state index in [1.165, 1.54) is 0 Å². The Morgan fingerprint density at radius 2 is 2.28 bits per heavy atom. The average Bonchev–Trinajstić information content (AvgIpc) is 2.92. The Morgan fingerprint density at radius 3 is 3.00 bits per heavy atom. The Bertz CT molecular complexity index is 394. The lowest BCUT2D eigenvalue weighted by atomic mass is 10.1. The van der Waals surface area contributed by atoms with Crippen molar-refractivity contribution in [1.82, 2.24) is 0 Å². The standard InChI is InChI=1S/C15H20O3/c1-2-14(16)13-7-3-4-8-15(13)18-11-9-12-6-5-10-17-12/h3-4,7-8,12H,2,5-6,9-11H2,1H3. The Balaban J connectivity index is 1.89. The molecule has 0 spiro atoms. The third-order valence-electron chi connectivity index (χ3n) is 3.23. The first kappa shape index (κ1) is 13.1. The van der Waals surface area contributed by atoms with Gasteiger partial charge in [0.1, 0.15) is 5.75 Å². The fourth-order valence-corrected chi connectivity index (χ4v) is 2.19. The number of hydrogen-bond donors (Lipinski definition) is 0. The SMILES string of the molecule is CCC(=O)c1ccccc1OCCC1CCCO1. The zero-order chi connectivity index (χ0) is 12.8. The van der Waals surface area contributed by atoms with Crippen LogP contribution < -0.4 is 4.74 Å². The Morgan fingerprint density at radius 1 is 1.44 bits per heavy atom. The maximum absolute atomic E-state index is 11.7. The number of hydrogen-bond acceptors (Lipinski definition) is 3. The van der Waals surface area contributed by atoms with E-state index < -0.39 is 0 Å². The van der Waals surface area contributed by atoms with E-state index >= 15 is 0 Å². The molecule has 2 rings (SSSR count). The molecule has 1 fully saturated rings. The molecule has 1 unspecified atom stereocenters. The minimum atomic E-state index is 0.128. The molecule has 1 aromatic rings. The maximum atomic E-state index is 11.7. The van der Waals surface area contributed by atoms with Gasteiger partial charge in [-0.2, -0.15) is 0 Å². The minimum Gasteiger partial charge on any atom is -0.493 e. The van der Waals surface area contributed by atoms with Crippen LogP contribution in [0.4, 0.5) is 0 Å². The molecule has 0 N–H and O–H groups in total. The summed E-state index contributed by atoms with van der Waals surface area (Å²) in [7, 11) is 0. The van der Waals surface area contributed by atoms with Crippen LogP contribution in [0.1, 0.15) is 43.0 Å². The lowest BCUT2D eigenvalue weighted by Crippen LogP contribution is -2.12. The van der Waals surface area contributed by atoms with Crippen LogP contribution in [0.2, 0.25) is 0 Å². The third-order valence-corrected chi connectivity index (χ3v) is 3.23. The van der Waals surface area contributed by atoms with E-state index in [4.69, 9.17) is 9.47 Å². The number of benzene rings is 1. The van der Waals surface area contributed by atoms with Gasteiger partial charge in [0, 0.05) is 19.4 Å². The first-order chi connectivity index (χ1) is 8.81. The lowest BCUT2D eigenvalue weighted by molar-refractivity contribution is 0.0896. The highest BCUT2D eigenvalue weighted by Gasteiger charge is 2.16. The van der Waals surface area contributed by atoms with Crippen LogP contribution in [0.25, 0.3) is 0 Å². The summed E-state index contributed by atoms with van der Waals surface area (Å²) in [6.45, 7) is 3.35. The van der Waals surface area contributed by atoms with Crippen LogP contribution in [0.3, 0.4) is 0 Å². The molecule has 1 aliphatic heterocycles. The molecule has 1 saturated heterocycles. The number of ketones is 1. The van der Waals surface area contributed by atoms with E-state index in [0.29, 0.717) is 30.4 Å². The molecule has 3 heteroatoms. The second-order valence-corrected chi connectivity index (χ2v) is 4.55. The van der Waals surface area contributed by atoms with Gasteiger partial charge in [-0.25, -0.2) is 0 Å². The van der Waals surface area contributed by atoms with Crippen LogP contribution >= 0.6 is 0 Å². The summed E-state index contributed by atoms with van der Waals surface area (Å²) in [6, 6.07) is 7.45. The van der Waals surface area contributed by atoms with Crippen LogP contribution in [-0.2, 0) is 4.74 Å². The lowest BCUT2D eigenvalue weighted by Gasteiger charge is -2.12. The minimum absolute atomic E-state index is 0.128. The second-order valence-electron chi connectivity index (χ2n) is 4.55. The highest BCUT2D eigenvalue weighted by Crippen LogP contribution is 2.21. The van der Waals surface area contributed by atoms with Gasteiger partial charge in [-0.1, -0.05) is 19.1 Å². The van der Waals surface area contributed by atoms with Crippen molar-refractivity contribution >= 4 is 5.78 Å². The summed E-state index contributed by atoms with van der Waals surface area (Å²) >= 11 is 0. The van der Waals surface area contributed by atoms with Gasteiger partial charge in [0.25, 0.3) is 0 Å². The summed E-state index contributed by atoms with van der Waals surface area (Å²) in [5.74, 6) is 0.824. The second kappa shape index (κ2) is 6.55. The van der Waals surface area contributed by atoms with Gasteiger partial charge in [-0.05, 0) is 25.0 Å². The predicted octanol–water partition coefficient (Wildman–Crippen LogP) is 3.23. The normalized spacial score (nSPS) is 18.8. The molecule has 3 nitrogen and oxygen atoms in total. The van der Waals surface area contributed by atoms with Crippen molar-refractivity contribution in [3.63, 3.8) is 0 Å². The number of rotatable bonds is 6. The van der Waals surface area contributed by atoms with Crippen molar-refractivity contribution in [2.75, 3.05) is 13.2 Å².